The van der Waals surface area contributed by atoms with Crippen molar-refractivity contribution < 1.29 is 9.84 Å². The second kappa shape index (κ2) is 8.07. The van der Waals surface area contributed by atoms with Gasteiger partial charge >= 0.3 is 0 Å². The maximum absolute atomic E-state index is 8.54. The number of nitrogens with zero attached hydrogens (tertiary/aromatic N) is 3. The molecular formula is C12H24N4O2. The summed E-state index contributed by atoms with van der Waals surface area (Å²) >= 11 is 0. The molecule has 0 bridgehead atoms. The van der Waals surface area contributed by atoms with Gasteiger partial charge < -0.3 is 24.6 Å². The zero-order valence-electron chi connectivity index (χ0n) is 11.5. The monoisotopic (exact) mass is 256 g/mol. The van der Waals surface area contributed by atoms with Crippen LogP contribution in [0.2, 0.25) is 0 Å². The molecule has 1 aromatic rings. The summed E-state index contributed by atoms with van der Waals surface area (Å²) in [5.74, 6) is 0.957. The van der Waals surface area contributed by atoms with Gasteiger partial charge in [0.1, 0.15) is 0 Å². The van der Waals surface area contributed by atoms with Crippen LogP contribution in [0.15, 0.2) is 6.20 Å². The molecule has 1 heterocycles. The van der Waals surface area contributed by atoms with Crippen molar-refractivity contribution in [3.8, 4) is 0 Å². The third-order valence-corrected chi connectivity index (χ3v) is 2.64. The molecular weight excluding hydrogens is 232 g/mol. The normalized spacial score (nSPS) is 10.9. The third-order valence-electron chi connectivity index (χ3n) is 2.64. The highest BCUT2D eigenvalue weighted by Gasteiger charge is 2.06. The van der Waals surface area contributed by atoms with Crippen molar-refractivity contribution in [2.24, 2.45) is 7.05 Å². The van der Waals surface area contributed by atoms with E-state index in [1.54, 1.807) is 0 Å². The predicted octanol–water partition coefficient (Wildman–Crippen LogP) is -0.0253. The van der Waals surface area contributed by atoms with Gasteiger partial charge in [-0.3, -0.25) is 0 Å². The molecule has 0 amide bonds. The van der Waals surface area contributed by atoms with Crippen LogP contribution in [0.3, 0.4) is 0 Å². The van der Waals surface area contributed by atoms with E-state index in [1.807, 2.05) is 32.2 Å². The number of ether oxygens (including phenoxy) is 1. The fraction of sp³-hybridized carbons (Fsp3) is 0.750. The summed E-state index contributed by atoms with van der Waals surface area (Å²) < 4.78 is 7.26. The quantitative estimate of drug-likeness (QED) is 0.608. The summed E-state index contributed by atoms with van der Waals surface area (Å²) in [6.45, 7) is 2.90. The van der Waals surface area contributed by atoms with E-state index in [0.717, 1.165) is 31.2 Å². The third kappa shape index (κ3) is 4.64. The minimum Gasteiger partial charge on any atom is -0.394 e. The highest BCUT2D eigenvalue weighted by molar-refractivity contribution is 5.30. The highest BCUT2D eigenvalue weighted by Crippen LogP contribution is 2.10. The maximum atomic E-state index is 8.54. The number of anilines is 1. The van der Waals surface area contributed by atoms with E-state index in [2.05, 4.69) is 14.9 Å². The van der Waals surface area contributed by atoms with Crippen LogP contribution in [0.5, 0.6) is 0 Å². The van der Waals surface area contributed by atoms with Crippen molar-refractivity contribution in [3.05, 3.63) is 11.9 Å². The van der Waals surface area contributed by atoms with E-state index < -0.39 is 0 Å². The molecule has 0 aliphatic carbocycles. The van der Waals surface area contributed by atoms with Crippen LogP contribution in [0.25, 0.3) is 0 Å². The number of nitrogens with one attached hydrogen (secondary N) is 1. The van der Waals surface area contributed by atoms with Gasteiger partial charge in [0.25, 0.3) is 0 Å². The first kappa shape index (κ1) is 14.9. The first-order chi connectivity index (χ1) is 8.66. The molecule has 0 atom stereocenters. The van der Waals surface area contributed by atoms with Gasteiger partial charge in [-0.1, -0.05) is 0 Å². The standard InChI is InChI=1S/C12H24N4O2/c1-15(2)12-14-10-11(16(12)3)9-13-5-4-7-18-8-6-17/h10,13,17H,4-9H2,1-3H3. The van der Waals surface area contributed by atoms with E-state index in [0.29, 0.717) is 13.2 Å². The lowest BCUT2D eigenvalue weighted by atomic mass is 10.4. The predicted molar refractivity (Wildman–Crippen MR) is 71.8 cm³/mol. The molecule has 1 aromatic heterocycles. The molecule has 0 aliphatic heterocycles. The minimum absolute atomic E-state index is 0.0930. The summed E-state index contributed by atoms with van der Waals surface area (Å²) in [6, 6.07) is 0. The molecule has 0 saturated heterocycles. The lowest BCUT2D eigenvalue weighted by Crippen LogP contribution is -2.20. The molecule has 0 saturated carbocycles. The molecule has 2 N–H and O–H groups in total. The molecule has 0 radical (unpaired) electrons. The maximum Gasteiger partial charge on any atom is 0.204 e. The zero-order valence-corrected chi connectivity index (χ0v) is 11.5. The Labute approximate surface area is 109 Å². The molecule has 0 spiro atoms. The second-order valence-electron chi connectivity index (χ2n) is 4.37. The summed E-state index contributed by atoms with van der Waals surface area (Å²) in [7, 11) is 5.99. The first-order valence-electron chi connectivity index (χ1n) is 6.24. The largest absolute Gasteiger partial charge is 0.394 e. The van der Waals surface area contributed by atoms with Crippen LogP contribution in [0.1, 0.15) is 12.1 Å². The van der Waals surface area contributed by atoms with Gasteiger partial charge in [-0.15, -0.1) is 0 Å². The van der Waals surface area contributed by atoms with Crippen molar-refractivity contribution >= 4 is 5.95 Å². The molecule has 104 valence electrons. The summed E-state index contributed by atoms with van der Waals surface area (Å²) in [5.41, 5.74) is 1.16. The Morgan fingerprint density at radius 3 is 2.83 bits per heavy atom. The van der Waals surface area contributed by atoms with Gasteiger partial charge in [0.2, 0.25) is 5.95 Å². The number of aliphatic hydroxyl groups is 1. The van der Waals surface area contributed by atoms with Crippen LogP contribution in [0.4, 0.5) is 5.95 Å². The molecule has 0 unspecified atom stereocenters. The second-order valence-corrected chi connectivity index (χ2v) is 4.37. The number of hydrogen-bond donors (Lipinski definition) is 2. The fourth-order valence-electron chi connectivity index (χ4n) is 1.70. The molecule has 0 aliphatic rings. The lowest BCUT2D eigenvalue weighted by Gasteiger charge is -2.12. The Morgan fingerprint density at radius 1 is 1.44 bits per heavy atom. The van der Waals surface area contributed by atoms with Crippen LogP contribution in [-0.4, -0.2) is 55.1 Å². The average molecular weight is 256 g/mol. The van der Waals surface area contributed by atoms with Crippen molar-refractivity contribution in [1.82, 2.24) is 14.9 Å². The van der Waals surface area contributed by atoms with Crippen LogP contribution in [0, 0.1) is 0 Å². The minimum atomic E-state index is 0.0930. The van der Waals surface area contributed by atoms with E-state index in [9.17, 15) is 0 Å². The number of rotatable bonds is 9. The summed E-state index contributed by atoms with van der Waals surface area (Å²) in [6.07, 6.45) is 2.84. The molecule has 18 heavy (non-hydrogen) atoms. The highest BCUT2D eigenvalue weighted by atomic mass is 16.5. The smallest absolute Gasteiger partial charge is 0.204 e. The lowest BCUT2D eigenvalue weighted by molar-refractivity contribution is 0.0907. The Morgan fingerprint density at radius 2 is 2.22 bits per heavy atom. The van der Waals surface area contributed by atoms with Gasteiger partial charge in [-0.05, 0) is 13.0 Å². The molecule has 1 rings (SSSR count). The average Bonchev–Trinajstić information content (AvgIpc) is 2.70. The molecule has 0 fully saturated rings. The van der Waals surface area contributed by atoms with Gasteiger partial charge in [-0.2, -0.15) is 0 Å². The molecule has 6 heteroatoms. The topological polar surface area (TPSA) is 62.6 Å². The van der Waals surface area contributed by atoms with Crippen LogP contribution >= 0.6 is 0 Å². The van der Waals surface area contributed by atoms with E-state index in [1.165, 1.54) is 0 Å². The number of aromatic nitrogens is 2. The van der Waals surface area contributed by atoms with Gasteiger partial charge in [0, 0.05) is 34.3 Å². The molecule has 0 aromatic carbocycles. The summed E-state index contributed by atoms with van der Waals surface area (Å²) in [5, 5.41) is 11.9. The SMILES string of the molecule is CN(C)c1ncc(CNCCCOCCO)n1C. The van der Waals surface area contributed by atoms with Crippen molar-refractivity contribution in [2.75, 3.05) is 45.4 Å². The van der Waals surface area contributed by atoms with Crippen LogP contribution in [-0.2, 0) is 18.3 Å². The number of hydrogen-bond acceptors (Lipinski definition) is 5. The van der Waals surface area contributed by atoms with E-state index in [-0.39, 0.29) is 6.61 Å². The van der Waals surface area contributed by atoms with Crippen LogP contribution < -0.4 is 10.2 Å². The fourth-order valence-corrected chi connectivity index (χ4v) is 1.70. The van der Waals surface area contributed by atoms with Crippen molar-refractivity contribution in [2.45, 2.75) is 13.0 Å². The van der Waals surface area contributed by atoms with Crippen molar-refractivity contribution in [3.63, 3.8) is 0 Å². The first-order valence-corrected chi connectivity index (χ1v) is 6.24. The Bertz CT molecular complexity index is 339. The Balaban J connectivity index is 2.19. The Kier molecular flexibility index (Phi) is 6.70. The number of imidazole rings is 1. The molecule has 6 nitrogen and oxygen atoms in total. The van der Waals surface area contributed by atoms with Gasteiger partial charge in [0.05, 0.1) is 25.1 Å². The Hall–Kier alpha value is -1.11. The summed E-state index contributed by atoms with van der Waals surface area (Å²) in [4.78, 5) is 6.34. The van der Waals surface area contributed by atoms with Gasteiger partial charge in [0.15, 0.2) is 0 Å². The van der Waals surface area contributed by atoms with E-state index in [4.69, 9.17) is 9.84 Å². The van der Waals surface area contributed by atoms with Gasteiger partial charge in [-0.25, -0.2) is 4.98 Å². The van der Waals surface area contributed by atoms with E-state index >= 15 is 0 Å². The number of aliphatic hydroxyl groups excluding tert-OH is 1. The zero-order chi connectivity index (χ0) is 13.4. The van der Waals surface area contributed by atoms with Crippen molar-refractivity contribution in [1.29, 1.82) is 0 Å².